The maximum Gasteiger partial charge on any atom is 0.261 e. The van der Waals surface area contributed by atoms with Crippen molar-refractivity contribution < 1.29 is 8.78 Å². The van der Waals surface area contributed by atoms with Gasteiger partial charge in [0.25, 0.3) is 5.56 Å². The molecular formula is C18H12F2N4O. The number of aromatic nitrogens is 4. The van der Waals surface area contributed by atoms with Crippen LogP contribution in [0.15, 0.2) is 65.8 Å². The van der Waals surface area contributed by atoms with Gasteiger partial charge in [-0.25, -0.2) is 18.4 Å². The van der Waals surface area contributed by atoms with Crippen LogP contribution in [0, 0.1) is 11.6 Å². The zero-order chi connectivity index (χ0) is 17.4. The normalized spacial score (nSPS) is 11.1. The van der Waals surface area contributed by atoms with Gasteiger partial charge < -0.3 is 0 Å². The van der Waals surface area contributed by atoms with Crippen LogP contribution in [-0.4, -0.2) is 19.3 Å². The second-order valence-corrected chi connectivity index (χ2v) is 5.57. The average Bonchev–Trinajstić information content (AvgIpc) is 3.06. The molecule has 0 saturated heterocycles. The molecule has 4 aromatic rings. The van der Waals surface area contributed by atoms with E-state index >= 15 is 0 Å². The van der Waals surface area contributed by atoms with Gasteiger partial charge in [-0.2, -0.15) is 5.10 Å². The third-order valence-corrected chi connectivity index (χ3v) is 3.84. The molecule has 0 aliphatic rings. The summed E-state index contributed by atoms with van der Waals surface area (Å²) in [5, 5.41) is 4.70. The Hall–Kier alpha value is -3.35. The molecule has 25 heavy (non-hydrogen) atoms. The molecule has 4 rings (SSSR count). The van der Waals surface area contributed by atoms with Gasteiger partial charge in [0.2, 0.25) is 0 Å². The van der Waals surface area contributed by atoms with Crippen LogP contribution in [0.3, 0.4) is 0 Å². The van der Waals surface area contributed by atoms with Crippen LogP contribution in [0.25, 0.3) is 16.6 Å². The fraction of sp³-hybridized carbons (Fsp3) is 0.0556. The molecule has 7 heteroatoms. The topological polar surface area (TPSA) is 52.7 Å². The molecule has 0 spiro atoms. The summed E-state index contributed by atoms with van der Waals surface area (Å²) in [6, 6.07) is 11.7. The highest BCUT2D eigenvalue weighted by atomic mass is 19.1. The zero-order valence-electron chi connectivity index (χ0n) is 12.9. The first-order valence-electron chi connectivity index (χ1n) is 7.55. The predicted octanol–water partition coefficient (Wildman–Crippen LogP) is 2.91. The monoisotopic (exact) mass is 338 g/mol. The molecule has 5 nitrogen and oxygen atoms in total. The number of benzene rings is 2. The lowest BCUT2D eigenvalue weighted by atomic mass is 10.2. The standard InChI is InChI=1S/C18H12F2N4O/c19-12-2-1-3-15(8-12)24-7-6-14(22-24)10-23-11-21-17-9-13(20)4-5-16(17)18(23)25/h1-9,11H,10H2. The van der Waals surface area contributed by atoms with E-state index in [9.17, 15) is 13.6 Å². The van der Waals surface area contributed by atoms with Crippen molar-refractivity contribution in [2.45, 2.75) is 6.54 Å². The summed E-state index contributed by atoms with van der Waals surface area (Å²) in [7, 11) is 0. The van der Waals surface area contributed by atoms with E-state index in [0.717, 1.165) is 0 Å². The summed E-state index contributed by atoms with van der Waals surface area (Å²) >= 11 is 0. The average molecular weight is 338 g/mol. The maximum absolute atomic E-state index is 13.3. The van der Waals surface area contributed by atoms with Gasteiger partial charge in [-0.15, -0.1) is 0 Å². The van der Waals surface area contributed by atoms with E-state index in [0.29, 0.717) is 22.3 Å². The molecular weight excluding hydrogens is 326 g/mol. The third-order valence-electron chi connectivity index (χ3n) is 3.84. The van der Waals surface area contributed by atoms with Crippen LogP contribution in [-0.2, 0) is 6.54 Å². The molecule has 0 unspecified atom stereocenters. The van der Waals surface area contributed by atoms with E-state index in [1.165, 1.54) is 45.9 Å². The van der Waals surface area contributed by atoms with Crippen LogP contribution in [0.2, 0.25) is 0 Å². The zero-order valence-corrected chi connectivity index (χ0v) is 12.9. The Morgan fingerprint density at radius 1 is 1.00 bits per heavy atom. The fourth-order valence-corrected chi connectivity index (χ4v) is 2.63. The van der Waals surface area contributed by atoms with Crippen LogP contribution >= 0.6 is 0 Å². The first-order valence-corrected chi connectivity index (χ1v) is 7.55. The number of halogens is 2. The SMILES string of the molecule is O=c1c2ccc(F)cc2ncn1Cc1ccn(-c2cccc(F)c2)n1. The molecule has 0 atom stereocenters. The first-order chi connectivity index (χ1) is 12.1. The van der Waals surface area contributed by atoms with Crippen molar-refractivity contribution in [3.63, 3.8) is 0 Å². The van der Waals surface area contributed by atoms with E-state index in [1.54, 1.807) is 24.4 Å². The third kappa shape index (κ3) is 2.91. The van der Waals surface area contributed by atoms with Gasteiger partial charge in [0.15, 0.2) is 0 Å². The molecule has 0 aliphatic heterocycles. The summed E-state index contributed by atoms with van der Waals surface area (Å²) in [4.78, 5) is 16.6. The second-order valence-electron chi connectivity index (χ2n) is 5.57. The fourth-order valence-electron chi connectivity index (χ4n) is 2.63. The smallest absolute Gasteiger partial charge is 0.261 e. The van der Waals surface area contributed by atoms with E-state index in [1.807, 2.05) is 0 Å². The number of hydrogen-bond acceptors (Lipinski definition) is 3. The van der Waals surface area contributed by atoms with Crippen molar-refractivity contribution >= 4 is 10.9 Å². The van der Waals surface area contributed by atoms with Gasteiger partial charge >= 0.3 is 0 Å². The highest BCUT2D eigenvalue weighted by molar-refractivity contribution is 5.77. The van der Waals surface area contributed by atoms with Crippen LogP contribution < -0.4 is 5.56 Å². The van der Waals surface area contributed by atoms with Crippen molar-refractivity contribution in [3.05, 3.63) is 88.7 Å². The molecule has 0 saturated carbocycles. The minimum Gasteiger partial charge on any atom is -0.293 e. The summed E-state index contributed by atoms with van der Waals surface area (Å²) < 4.78 is 29.5. The van der Waals surface area contributed by atoms with Crippen molar-refractivity contribution in [1.29, 1.82) is 0 Å². The van der Waals surface area contributed by atoms with Crippen LogP contribution in [0.1, 0.15) is 5.69 Å². The number of nitrogens with zero attached hydrogens (tertiary/aromatic N) is 4. The molecule has 2 aromatic heterocycles. The predicted molar refractivity (Wildman–Crippen MR) is 88.6 cm³/mol. The summed E-state index contributed by atoms with van der Waals surface area (Å²) in [5.41, 5.74) is 1.25. The van der Waals surface area contributed by atoms with Crippen LogP contribution in [0.4, 0.5) is 8.78 Å². The van der Waals surface area contributed by atoms with E-state index < -0.39 is 5.82 Å². The Bertz CT molecular complexity index is 1130. The summed E-state index contributed by atoms with van der Waals surface area (Å²) in [6.07, 6.45) is 3.06. The van der Waals surface area contributed by atoms with Crippen molar-refractivity contribution in [3.8, 4) is 5.69 Å². The lowest BCUT2D eigenvalue weighted by molar-refractivity contribution is 0.625. The van der Waals surface area contributed by atoms with Crippen molar-refractivity contribution in [2.75, 3.05) is 0 Å². The van der Waals surface area contributed by atoms with Crippen molar-refractivity contribution in [2.24, 2.45) is 0 Å². The highest BCUT2D eigenvalue weighted by Gasteiger charge is 2.08. The molecule has 0 amide bonds. The summed E-state index contributed by atoms with van der Waals surface area (Å²) in [6.45, 7) is 0.210. The lowest BCUT2D eigenvalue weighted by Gasteiger charge is -2.05. The Morgan fingerprint density at radius 2 is 1.84 bits per heavy atom. The molecule has 0 bridgehead atoms. The van der Waals surface area contributed by atoms with Gasteiger partial charge in [-0.05, 0) is 36.4 Å². The van der Waals surface area contributed by atoms with Crippen molar-refractivity contribution in [1.82, 2.24) is 19.3 Å². The Kier molecular flexibility index (Phi) is 3.61. The van der Waals surface area contributed by atoms with E-state index in [-0.39, 0.29) is 17.9 Å². The highest BCUT2D eigenvalue weighted by Crippen LogP contribution is 2.11. The first kappa shape index (κ1) is 15.2. The quantitative estimate of drug-likeness (QED) is 0.577. The van der Waals surface area contributed by atoms with Gasteiger partial charge in [0.05, 0.1) is 35.2 Å². The minimum atomic E-state index is -0.439. The lowest BCUT2D eigenvalue weighted by Crippen LogP contribution is -2.21. The molecule has 2 heterocycles. The Morgan fingerprint density at radius 3 is 2.68 bits per heavy atom. The van der Waals surface area contributed by atoms with Gasteiger partial charge in [-0.1, -0.05) is 6.07 Å². The molecule has 0 fully saturated rings. The van der Waals surface area contributed by atoms with Crippen LogP contribution in [0.5, 0.6) is 0 Å². The molecule has 0 radical (unpaired) electrons. The summed E-state index contributed by atoms with van der Waals surface area (Å²) in [5.74, 6) is -0.789. The Labute approximate surface area is 140 Å². The molecule has 2 aromatic carbocycles. The molecule has 0 aliphatic carbocycles. The van der Waals surface area contributed by atoms with E-state index in [2.05, 4.69) is 10.1 Å². The van der Waals surface area contributed by atoms with Gasteiger partial charge in [0, 0.05) is 12.3 Å². The molecule has 124 valence electrons. The van der Waals surface area contributed by atoms with E-state index in [4.69, 9.17) is 0 Å². The number of fused-ring (bicyclic) bond motifs is 1. The largest absolute Gasteiger partial charge is 0.293 e. The van der Waals surface area contributed by atoms with Gasteiger partial charge in [0.1, 0.15) is 11.6 Å². The Balaban J connectivity index is 1.67. The molecule has 0 N–H and O–H groups in total. The number of hydrogen-bond donors (Lipinski definition) is 0. The number of rotatable bonds is 3. The second kappa shape index (κ2) is 5.94. The minimum absolute atomic E-state index is 0.210. The maximum atomic E-state index is 13.3. The van der Waals surface area contributed by atoms with Gasteiger partial charge in [-0.3, -0.25) is 9.36 Å².